The van der Waals surface area contributed by atoms with Gasteiger partial charge in [0.2, 0.25) is 0 Å². The first-order chi connectivity index (χ1) is 6.50. The number of hydrogen-bond donors (Lipinski definition) is 1. The molecule has 1 rings (SSSR count). The van der Waals surface area contributed by atoms with E-state index in [1.807, 2.05) is 13.8 Å². The lowest BCUT2D eigenvalue weighted by atomic mass is 10.1. The van der Waals surface area contributed by atoms with Gasteiger partial charge in [0.25, 0.3) is 0 Å². The molecule has 0 radical (unpaired) electrons. The highest BCUT2D eigenvalue weighted by Crippen LogP contribution is 2.21. The molecule has 0 spiro atoms. The molecule has 1 atom stereocenters. The number of aryl methyl sites for hydroxylation is 2. The molecular formula is C12H21NO. The first-order valence-corrected chi connectivity index (χ1v) is 5.31. The van der Waals surface area contributed by atoms with E-state index in [0.717, 1.165) is 18.1 Å². The molecule has 0 bridgehead atoms. The molecule has 0 saturated carbocycles. The van der Waals surface area contributed by atoms with Crippen molar-refractivity contribution in [2.24, 2.45) is 5.92 Å². The van der Waals surface area contributed by atoms with E-state index >= 15 is 0 Å². The molecule has 0 aliphatic carbocycles. The number of furan rings is 1. The van der Waals surface area contributed by atoms with Crippen molar-refractivity contribution in [1.82, 2.24) is 5.32 Å². The summed E-state index contributed by atoms with van der Waals surface area (Å²) < 4.78 is 5.50. The molecule has 2 nitrogen and oxygen atoms in total. The van der Waals surface area contributed by atoms with E-state index in [1.165, 1.54) is 5.56 Å². The van der Waals surface area contributed by atoms with Crippen molar-refractivity contribution in [3.8, 4) is 0 Å². The SMILES string of the molecule is Cc1cc(C(C)NCC(C)C)c(C)o1. The van der Waals surface area contributed by atoms with Gasteiger partial charge in [-0.25, -0.2) is 0 Å². The summed E-state index contributed by atoms with van der Waals surface area (Å²) in [5, 5.41) is 3.49. The summed E-state index contributed by atoms with van der Waals surface area (Å²) in [5.74, 6) is 2.72. The smallest absolute Gasteiger partial charge is 0.105 e. The van der Waals surface area contributed by atoms with E-state index in [2.05, 4.69) is 32.2 Å². The Morgan fingerprint density at radius 1 is 1.29 bits per heavy atom. The Labute approximate surface area is 86.7 Å². The highest BCUT2D eigenvalue weighted by atomic mass is 16.3. The van der Waals surface area contributed by atoms with Crippen LogP contribution in [0.15, 0.2) is 10.5 Å². The van der Waals surface area contributed by atoms with E-state index in [1.54, 1.807) is 0 Å². The standard InChI is InChI=1S/C12H21NO/c1-8(2)7-13-10(4)12-6-9(3)14-11(12)5/h6,8,10,13H,7H2,1-5H3. The zero-order valence-electron chi connectivity index (χ0n) is 9.85. The Hall–Kier alpha value is -0.760. The van der Waals surface area contributed by atoms with Crippen LogP contribution in [0, 0.1) is 19.8 Å². The molecule has 0 saturated heterocycles. The van der Waals surface area contributed by atoms with E-state index in [9.17, 15) is 0 Å². The Bertz CT molecular complexity index is 289. The summed E-state index contributed by atoms with van der Waals surface area (Å²) >= 11 is 0. The molecule has 0 amide bonds. The Morgan fingerprint density at radius 2 is 1.93 bits per heavy atom. The summed E-state index contributed by atoms with van der Waals surface area (Å²) in [7, 11) is 0. The van der Waals surface area contributed by atoms with Crippen LogP contribution in [0.25, 0.3) is 0 Å². The molecule has 1 heterocycles. The van der Waals surface area contributed by atoms with Gasteiger partial charge >= 0.3 is 0 Å². The highest BCUT2D eigenvalue weighted by molar-refractivity contribution is 5.23. The molecular weight excluding hydrogens is 174 g/mol. The average molecular weight is 195 g/mol. The van der Waals surface area contributed by atoms with E-state index in [4.69, 9.17) is 4.42 Å². The lowest BCUT2D eigenvalue weighted by molar-refractivity contribution is 0.472. The third-order valence-electron chi connectivity index (χ3n) is 2.38. The fraction of sp³-hybridized carbons (Fsp3) is 0.667. The fourth-order valence-corrected chi connectivity index (χ4v) is 1.60. The van der Waals surface area contributed by atoms with Gasteiger partial charge in [-0.15, -0.1) is 0 Å². The summed E-state index contributed by atoms with van der Waals surface area (Å²) in [6, 6.07) is 2.50. The first-order valence-electron chi connectivity index (χ1n) is 5.31. The minimum atomic E-state index is 0.384. The number of nitrogens with one attached hydrogen (secondary N) is 1. The van der Waals surface area contributed by atoms with Crippen LogP contribution >= 0.6 is 0 Å². The van der Waals surface area contributed by atoms with E-state index in [0.29, 0.717) is 12.0 Å². The Morgan fingerprint density at radius 3 is 2.36 bits per heavy atom. The van der Waals surface area contributed by atoms with Crippen LogP contribution in [-0.4, -0.2) is 6.54 Å². The fourth-order valence-electron chi connectivity index (χ4n) is 1.60. The number of hydrogen-bond acceptors (Lipinski definition) is 2. The topological polar surface area (TPSA) is 25.2 Å². The molecule has 1 N–H and O–H groups in total. The average Bonchev–Trinajstić information content (AvgIpc) is 2.41. The van der Waals surface area contributed by atoms with Gasteiger partial charge in [-0.1, -0.05) is 13.8 Å². The normalized spacial score (nSPS) is 13.6. The molecule has 1 aromatic heterocycles. The molecule has 0 aliphatic heterocycles. The van der Waals surface area contributed by atoms with Gasteiger partial charge in [0, 0.05) is 11.6 Å². The summed E-state index contributed by atoms with van der Waals surface area (Å²) in [4.78, 5) is 0. The minimum Gasteiger partial charge on any atom is -0.466 e. The van der Waals surface area contributed by atoms with Gasteiger partial charge in [-0.3, -0.25) is 0 Å². The molecule has 80 valence electrons. The van der Waals surface area contributed by atoms with Crippen molar-refractivity contribution in [1.29, 1.82) is 0 Å². The van der Waals surface area contributed by atoms with Gasteiger partial charge in [-0.2, -0.15) is 0 Å². The lowest BCUT2D eigenvalue weighted by Gasteiger charge is -2.14. The maximum Gasteiger partial charge on any atom is 0.105 e. The Kier molecular flexibility index (Phi) is 3.76. The summed E-state index contributed by atoms with van der Waals surface area (Å²) in [6.45, 7) is 11.7. The van der Waals surface area contributed by atoms with Crippen LogP contribution in [0.4, 0.5) is 0 Å². The van der Waals surface area contributed by atoms with Crippen molar-refractivity contribution in [2.75, 3.05) is 6.54 Å². The van der Waals surface area contributed by atoms with Crippen LogP contribution in [0.2, 0.25) is 0 Å². The second-order valence-corrected chi connectivity index (χ2v) is 4.39. The van der Waals surface area contributed by atoms with Crippen LogP contribution < -0.4 is 5.32 Å². The summed E-state index contributed by atoms with van der Waals surface area (Å²) in [5.41, 5.74) is 1.28. The van der Waals surface area contributed by atoms with Crippen LogP contribution in [0.5, 0.6) is 0 Å². The lowest BCUT2D eigenvalue weighted by Crippen LogP contribution is -2.23. The molecule has 1 aromatic rings. The maximum absolute atomic E-state index is 5.50. The molecule has 1 unspecified atom stereocenters. The maximum atomic E-state index is 5.50. The second-order valence-electron chi connectivity index (χ2n) is 4.39. The molecule has 14 heavy (non-hydrogen) atoms. The van der Waals surface area contributed by atoms with E-state index in [-0.39, 0.29) is 0 Å². The van der Waals surface area contributed by atoms with Crippen molar-refractivity contribution < 1.29 is 4.42 Å². The van der Waals surface area contributed by atoms with Crippen LogP contribution in [-0.2, 0) is 0 Å². The van der Waals surface area contributed by atoms with Crippen LogP contribution in [0.1, 0.15) is 43.9 Å². The molecule has 2 heteroatoms. The third kappa shape index (κ3) is 2.88. The van der Waals surface area contributed by atoms with Crippen molar-refractivity contribution in [3.63, 3.8) is 0 Å². The second kappa shape index (κ2) is 4.65. The van der Waals surface area contributed by atoms with Crippen molar-refractivity contribution in [3.05, 3.63) is 23.2 Å². The van der Waals surface area contributed by atoms with Crippen molar-refractivity contribution in [2.45, 2.75) is 40.7 Å². The van der Waals surface area contributed by atoms with Gasteiger partial charge < -0.3 is 9.73 Å². The van der Waals surface area contributed by atoms with E-state index < -0.39 is 0 Å². The molecule has 0 aliphatic rings. The summed E-state index contributed by atoms with van der Waals surface area (Å²) in [6.07, 6.45) is 0. The van der Waals surface area contributed by atoms with Gasteiger partial charge in [0.15, 0.2) is 0 Å². The predicted molar refractivity (Wildman–Crippen MR) is 59.4 cm³/mol. The predicted octanol–water partition coefficient (Wildman–Crippen LogP) is 3.20. The number of rotatable bonds is 4. The zero-order chi connectivity index (χ0) is 10.7. The van der Waals surface area contributed by atoms with Gasteiger partial charge in [-0.05, 0) is 39.3 Å². The van der Waals surface area contributed by atoms with Crippen LogP contribution in [0.3, 0.4) is 0 Å². The third-order valence-corrected chi connectivity index (χ3v) is 2.38. The highest BCUT2D eigenvalue weighted by Gasteiger charge is 2.11. The minimum absolute atomic E-state index is 0.384. The largest absolute Gasteiger partial charge is 0.466 e. The zero-order valence-corrected chi connectivity index (χ0v) is 9.85. The molecule has 0 aromatic carbocycles. The Balaban J connectivity index is 2.60. The quantitative estimate of drug-likeness (QED) is 0.798. The van der Waals surface area contributed by atoms with Gasteiger partial charge in [0.1, 0.15) is 11.5 Å². The van der Waals surface area contributed by atoms with Crippen molar-refractivity contribution >= 4 is 0 Å². The monoisotopic (exact) mass is 195 g/mol. The van der Waals surface area contributed by atoms with Gasteiger partial charge in [0.05, 0.1) is 0 Å². The first kappa shape index (κ1) is 11.3. The molecule has 0 fully saturated rings.